The largest absolute Gasteiger partial charge is 0.435 e. The Morgan fingerprint density at radius 2 is 2.31 bits per heavy atom. The van der Waals surface area contributed by atoms with Gasteiger partial charge in [0.25, 0.3) is 0 Å². The number of ether oxygens (including phenoxy) is 2. The molecule has 0 aromatic heterocycles. The number of rotatable bonds is 6. The maximum atomic E-state index is 11.5. The third-order valence-corrected chi connectivity index (χ3v) is 1.63. The molecule has 0 saturated heterocycles. The van der Waals surface area contributed by atoms with Gasteiger partial charge in [-0.15, -0.1) is 0 Å². The van der Waals surface area contributed by atoms with E-state index < -0.39 is 6.67 Å². The fraction of sp³-hybridized carbons (Fsp3) is 0.667. The zero-order valence-corrected chi connectivity index (χ0v) is 7.37. The second kappa shape index (κ2) is 5.70. The van der Waals surface area contributed by atoms with Gasteiger partial charge >= 0.3 is 5.97 Å². The van der Waals surface area contributed by atoms with Crippen LogP contribution >= 0.6 is 0 Å². The molecule has 13 heavy (non-hydrogen) atoms. The molecule has 0 aliphatic heterocycles. The summed E-state index contributed by atoms with van der Waals surface area (Å²) in [7, 11) is 0. The molecule has 1 aliphatic carbocycles. The maximum Gasteiger partial charge on any atom is 0.313 e. The van der Waals surface area contributed by atoms with Gasteiger partial charge in [0.2, 0.25) is 0 Å². The molecule has 1 fully saturated rings. The topological polar surface area (TPSA) is 35.5 Å². The Kier molecular flexibility index (Phi) is 4.46. The molecule has 1 rings (SSSR count). The van der Waals surface area contributed by atoms with Crippen molar-refractivity contribution in [3.8, 4) is 0 Å². The van der Waals surface area contributed by atoms with Crippen molar-refractivity contribution in [1.82, 2.24) is 0 Å². The van der Waals surface area contributed by atoms with Crippen molar-refractivity contribution in [2.45, 2.75) is 12.8 Å². The minimum Gasteiger partial charge on any atom is -0.435 e. The molecule has 3 nitrogen and oxygen atoms in total. The highest BCUT2D eigenvalue weighted by Crippen LogP contribution is 2.29. The van der Waals surface area contributed by atoms with Crippen LogP contribution < -0.4 is 0 Å². The van der Waals surface area contributed by atoms with Gasteiger partial charge in [-0.3, -0.25) is 4.79 Å². The first-order valence-corrected chi connectivity index (χ1v) is 4.34. The fourth-order valence-corrected chi connectivity index (χ4v) is 0.776. The van der Waals surface area contributed by atoms with Gasteiger partial charge in [0, 0.05) is 0 Å². The van der Waals surface area contributed by atoms with Crippen LogP contribution in [0.3, 0.4) is 0 Å². The summed E-state index contributed by atoms with van der Waals surface area (Å²) in [5.74, 6) is -0.0712. The third-order valence-electron chi connectivity index (χ3n) is 1.63. The lowest BCUT2D eigenvalue weighted by Crippen LogP contribution is -2.01. The van der Waals surface area contributed by atoms with E-state index in [2.05, 4.69) is 0 Å². The number of carbonyl (C=O) groups excluding carboxylic acids is 1. The Balaban J connectivity index is 1.94. The van der Waals surface area contributed by atoms with E-state index in [1.54, 1.807) is 6.08 Å². The summed E-state index contributed by atoms with van der Waals surface area (Å²) in [4.78, 5) is 10.9. The van der Waals surface area contributed by atoms with Gasteiger partial charge in [0.1, 0.15) is 6.67 Å². The minimum atomic E-state index is -0.490. The van der Waals surface area contributed by atoms with E-state index in [0.717, 1.165) is 12.8 Å². The van der Waals surface area contributed by atoms with Crippen molar-refractivity contribution < 1.29 is 18.7 Å². The van der Waals surface area contributed by atoms with Crippen molar-refractivity contribution in [2.24, 2.45) is 5.92 Å². The number of hydrogen-bond donors (Lipinski definition) is 0. The molecule has 0 heterocycles. The second-order valence-corrected chi connectivity index (χ2v) is 2.85. The summed E-state index contributed by atoms with van der Waals surface area (Å²) in [6.07, 6.45) is 4.73. The van der Waals surface area contributed by atoms with Gasteiger partial charge in [-0.1, -0.05) is 0 Å². The van der Waals surface area contributed by atoms with Crippen LogP contribution in [0.15, 0.2) is 12.3 Å². The van der Waals surface area contributed by atoms with E-state index in [0.29, 0.717) is 0 Å². The van der Waals surface area contributed by atoms with E-state index in [4.69, 9.17) is 9.47 Å². The molecule has 0 bridgehead atoms. The molecule has 0 radical (unpaired) electrons. The average Bonchev–Trinajstić information content (AvgIpc) is 2.93. The summed E-state index contributed by atoms with van der Waals surface area (Å²) in [6.45, 7) is -0.127. The molecule has 1 saturated carbocycles. The molecule has 0 spiro atoms. The minimum absolute atomic E-state index is 0.0842. The smallest absolute Gasteiger partial charge is 0.313 e. The Labute approximate surface area is 76.5 Å². The zero-order valence-electron chi connectivity index (χ0n) is 7.37. The first-order chi connectivity index (χ1) is 6.34. The Bertz CT molecular complexity index is 187. The standard InChI is InChI=1S/C9H13FO3/c10-4-7-12-5-1-6-13-9(11)8-2-3-8/h1,6,8H,2-5,7H2. The number of esters is 1. The van der Waals surface area contributed by atoms with Crippen LogP contribution in [0.4, 0.5) is 4.39 Å². The number of alkyl halides is 1. The summed E-state index contributed by atoms with van der Waals surface area (Å²) < 4.78 is 21.1. The van der Waals surface area contributed by atoms with Gasteiger partial charge in [-0.05, 0) is 18.9 Å². The van der Waals surface area contributed by atoms with Crippen molar-refractivity contribution in [2.75, 3.05) is 19.9 Å². The van der Waals surface area contributed by atoms with E-state index >= 15 is 0 Å². The highest BCUT2D eigenvalue weighted by molar-refractivity contribution is 5.75. The second-order valence-electron chi connectivity index (χ2n) is 2.85. The summed E-state index contributed by atoms with van der Waals surface area (Å²) in [5, 5.41) is 0. The van der Waals surface area contributed by atoms with Gasteiger partial charge in [-0.25, -0.2) is 4.39 Å². The van der Waals surface area contributed by atoms with E-state index in [1.807, 2.05) is 0 Å². The average molecular weight is 188 g/mol. The van der Waals surface area contributed by atoms with Gasteiger partial charge in [-0.2, -0.15) is 0 Å². The van der Waals surface area contributed by atoms with Crippen molar-refractivity contribution >= 4 is 5.97 Å². The van der Waals surface area contributed by atoms with Gasteiger partial charge in [0.15, 0.2) is 0 Å². The number of carbonyl (C=O) groups is 1. The van der Waals surface area contributed by atoms with Crippen LogP contribution in [-0.4, -0.2) is 25.9 Å². The van der Waals surface area contributed by atoms with Crippen LogP contribution in [0.1, 0.15) is 12.8 Å². The lowest BCUT2D eigenvalue weighted by Gasteiger charge is -1.96. The van der Waals surface area contributed by atoms with Crippen LogP contribution in [0.2, 0.25) is 0 Å². The number of halogens is 1. The first kappa shape index (κ1) is 10.2. The molecule has 0 amide bonds. The normalized spacial score (nSPS) is 16.4. The molecule has 74 valence electrons. The molecule has 1 aliphatic rings. The molecule has 0 aromatic carbocycles. The monoisotopic (exact) mass is 188 g/mol. The van der Waals surface area contributed by atoms with Crippen LogP contribution in [0, 0.1) is 5.92 Å². The van der Waals surface area contributed by atoms with Crippen LogP contribution in [-0.2, 0) is 14.3 Å². The predicted octanol–water partition coefficient (Wildman–Crippen LogP) is 1.44. The molecule has 0 aromatic rings. The van der Waals surface area contributed by atoms with Crippen LogP contribution in [0.5, 0.6) is 0 Å². The summed E-state index contributed by atoms with van der Waals surface area (Å²) >= 11 is 0. The third kappa shape index (κ3) is 4.62. The van der Waals surface area contributed by atoms with Crippen molar-refractivity contribution in [3.63, 3.8) is 0 Å². The summed E-state index contributed by atoms with van der Waals surface area (Å²) in [5.41, 5.74) is 0. The number of hydrogen-bond acceptors (Lipinski definition) is 3. The van der Waals surface area contributed by atoms with E-state index in [-0.39, 0.29) is 25.1 Å². The maximum absolute atomic E-state index is 11.5. The molecule has 0 unspecified atom stereocenters. The zero-order chi connectivity index (χ0) is 9.52. The van der Waals surface area contributed by atoms with E-state index in [1.165, 1.54) is 6.26 Å². The van der Waals surface area contributed by atoms with Gasteiger partial charge in [0.05, 0.1) is 25.4 Å². The van der Waals surface area contributed by atoms with Crippen molar-refractivity contribution in [1.29, 1.82) is 0 Å². The highest BCUT2D eigenvalue weighted by atomic mass is 19.1. The predicted molar refractivity (Wildman–Crippen MR) is 44.8 cm³/mol. The van der Waals surface area contributed by atoms with E-state index in [9.17, 15) is 9.18 Å². The SMILES string of the molecule is O=C(OC=CCOCCF)C1CC1. The molecular formula is C9H13FO3. The lowest BCUT2D eigenvalue weighted by molar-refractivity contribution is -0.139. The van der Waals surface area contributed by atoms with Crippen LogP contribution in [0.25, 0.3) is 0 Å². The lowest BCUT2D eigenvalue weighted by atomic mass is 10.4. The van der Waals surface area contributed by atoms with Crippen molar-refractivity contribution in [3.05, 3.63) is 12.3 Å². The quantitative estimate of drug-likeness (QED) is 0.359. The highest BCUT2D eigenvalue weighted by Gasteiger charge is 2.30. The Morgan fingerprint density at radius 1 is 1.54 bits per heavy atom. The van der Waals surface area contributed by atoms with Gasteiger partial charge < -0.3 is 9.47 Å². The molecule has 0 atom stereocenters. The first-order valence-electron chi connectivity index (χ1n) is 4.34. The Hall–Kier alpha value is -0.900. The Morgan fingerprint density at radius 3 is 2.92 bits per heavy atom. The fourth-order valence-electron chi connectivity index (χ4n) is 0.776. The molecule has 0 N–H and O–H groups in total. The molecule has 4 heteroatoms. The molecular weight excluding hydrogens is 175 g/mol. The summed E-state index contributed by atoms with van der Waals surface area (Å²) in [6, 6.07) is 0.